The molecule has 15 heavy (non-hydrogen) atoms. The lowest BCUT2D eigenvalue weighted by Crippen LogP contribution is -2.46. The summed E-state index contributed by atoms with van der Waals surface area (Å²) in [5, 5.41) is 16.3. The molecule has 2 N–H and O–H groups in total. The SMILES string of the molecule is OC1(c2sccc2Br)CC2CCC(C1)N2. The average Bonchev–Trinajstić information content (AvgIpc) is 2.73. The number of thiophene rings is 1. The van der Waals surface area contributed by atoms with E-state index >= 15 is 0 Å². The fraction of sp³-hybridized carbons (Fsp3) is 0.636. The summed E-state index contributed by atoms with van der Waals surface area (Å²) in [6, 6.07) is 3.06. The van der Waals surface area contributed by atoms with E-state index in [1.807, 2.05) is 11.4 Å². The van der Waals surface area contributed by atoms with Crippen molar-refractivity contribution in [2.45, 2.75) is 43.4 Å². The number of halogens is 1. The highest BCUT2D eigenvalue weighted by Crippen LogP contribution is 2.45. The van der Waals surface area contributed by atoms with Crippen LogP contribution >= 0.6 is 27.3 Å². The highest BCUT2D eigenvalue weighted by atomic mass is 79.9. The Kier molecular flexibility index (Phi) is 2.43. The molecule has 2 saturated heterocycles. The molecule has 3 rings (SSSR count). The van der Waals surface area contributed by atoms with E-state index in [2.05, 4.69) is 21.2 Å². The second-order valence-corrected chi connectivity index (χ2v) is 6.45. The minimum Gasteiger partial charge on any atom is -0.384 e. The number of piperidine rings is 1. The highest BCUT2D eigenvalue weighted by Gasteiger charge is 2.44. The summed E-state index contributed by atoms with van der Waals surface area (Å²) < 4.78 is 1.07. The summed E-state index contributed by atoms with van der Waals surface area (Å²) in [6.45, 7) is 0. The number of hydrogen-bond donors (Lipinski definition) is 2. The van der Waals surface area contributed by atoms with Crippen molar-refractivity contribution in [2.75, 3.05) is 0 Å². The maximum absolute atomic E-state index is 10.7. The van der Waals surface area contributed by atoms with Crippen molar-refractivity contribution in [3.8, 4) is 0 Å². The molecule has 2 unspecified atom stereocenters. The molecule has 2 bridgehead atoms. The molecule has 4 heteroatoms. The second-order valence-electron chi connectivity index (χ2n) is 4.68. The van der Waals surface area contributed by atoms with Gasteiger partial charge in [0.25, 0.3) is 0 Å². The molecule has 2 aliphatic heterocycles. The summed E-state index contributed by atoms with van der Waals surface area (Å²) in [7, 11) is 0. The van der Waals surface area contributed by atoms with Crippen LogP contribution in [-0.4, -0.2) is 17.2 Å². The third kappa shape index (κ3) is 1.68. The molecule has 2 aliphatic rings. The zero-order chi connectivity index (χ0) is 10.5. The van der Waals surface area contributed by atoms with E-state index in [0.29, 0.717) is 12.1 Å². The summed E-state index contributed by atoms with van der Waals surface area (Å²) >= 11 is 5.19. The average molecular weight is 288 g/mol. The molecule has 2 nitrogen and oxygen atoms in total. The van der Waals surface area contributed by atoms with Crippen molar-refractivity contribution in [2.24, 2.45) is 0 Å². The van der Waals surface area contributed by atoms with Crippen molar-refractivity contribution in [1.29, 1.82) is 0 Å². The van der Waals surface area contributed by atoms with Crippen molar-refractivity contribution in [3.05, 3.63) is 20.8 Å². The molecule has 0 aromatic carbocycles. The first-order valence-electron chi connectivity index (χ1n) is 5.39. The Hall–Kier alpha value is 0.1000. The van der Waals surface area contributed by atoms with Gasteiger partial charge >= 0.3 is 0 Å². The lowest BCUT2D eigenvalue weighted by molar-refractivity contribution is -0.00868. The highest BCUT2D eigenvalue weighted by molar-refractivity contribution is 9.10. The van der Waals surface area contributed by atoms with E-state index in [4.69, 9.17) is 0 Å². The van der Waals surface area contributed by atoms with Gasteiger partial charge in [0.15, 0.2) is 0 Å². The van der Waals surface area contributed by atoms with Gasteiger partial charge in [-0.05, 0) is 53.1 Å². The molecule has 3 heterocycles. The van der Waals surface area contributed by atoms with Gasteiger partial charge in [0.2, 0.25) is 0 Å². The molecule has 0 aliphatic carbocycles. The summed E-state index contributed by atoms with van der Waals surface area (Å²) in [5.74, 6) is 0. The fourth-order valence-corrected chi connectivity index (χ4v) is 4.80. The standard InChI is InChI=1S/C11H14BrNOS/c12-9-3-4-15-10(9)11(14)5-7-1-2-8(6-11)13-7/h3-4,7-8,13-14H,1-2,5-6H2. The van der Waals surface area contributed by atoms with Gasteiger partial charge < -0.3 is 10.4 Å². The lowest BCUT2D eigenvalue weighted by Gasteiger charge is -2.36. The molecule has 2 atom stereocenters. The van der Waals surface area contributed by atoms with Crippen LogP contribution in [0.2, 0.25) is 0 Å². The minimum absolute atomic E-state index is 0.516. The summed E-state index contributed by atoms with van der Waals surface area (Å²) in [4.78, 5) is 1.11. The smallest absolute Gasteiger partial charge is 0.103 e. The van der Waals surface area contributed by atoms with Crippen LogP contribution in [0.4, 0.5) is 0 Å². The van der Waals surface area contributed by atoms with Crippen molar-refractivity contribution >= 4 is 27.3 Å². The number of aliphatic hydroxyl groups is 1. The second kappa shape index (κ2) is 3.55. The number of nitrogens with one attached hydrogen (secondary N) is 1. The Morgan fingerprint density at radius 1 is 1.40 bits per heavy atom. The maximum Gasteiger partial charge on any atom is 0.103 e. The largest absolute Gasteiger partial charge is 0.384 e. The molecule has 0 radical (unpaired) electrons. The maximum atomic E-state index is 10.7. The summed E-state index contributed by atoms with van der Waals surface area (Å²) in [5.41, 5.74) is -0.593. The van der Waals surface area contributed by atoms with Gasteiger partial charge in [-0.2, -0.15) is 0 Å². The predicted molar refractivity (Wildman–Crippen MR) is 65.1 cm³/mol. The van der Waals surface area contributed by atoms with Gasteiger partial charge in [-0.3, -0.25) is 0 Å². The number of rotatable bonds is 1. The molecule has 2 fully saturated rings. The molecular formula is C11H14BrNOS. The first kappa shape index (κ1) is 10.3. The van der Waals surface area contributed by atoms with Gasteiger partial charge in [0.1, 0.15) is 5.60 Å². The number of fused-ring (bicyclic) bond motifs is 2. The van der Waals surface area contributed by atoms with E-state index in [-0.39, 0.29) is 0 Å². The molecule has 0 saturated carbocycles. The van der Waals surface area contributed by atoms with Crippen LogP contribution in [0.5, 0.6) is 0 Å². The van der Waals surface area contributed by atoms with Gasteiger partial charge in [0.05, 0.1) is 4.88 Å². The zero-order valence-corrected chi connectivity index (χ0v) is 10.8. The quantitative estimate of drug-likeness (QED) is 0.832. The van der Waals surface area contributed by atoms with E-state index in [1.165, 1.54) is 12.8 Å². The van der Waals surface area contributed by atoms with Crippen LogP contribution < -0.4 is 5.32 Å². The van der Waals surface area contributed by atoms with Gasteiger partial charge in [0, 0.05) is 16.6 Å². The third-order valence-corrected chi connectivity index (χ3v) is 5.57. The predicted octanol–water partition coefficient (Wildman–Crippen LogP) is 2.61. The lowest BCUT2D eigenvalue weighted by atomic mass is 9.86. The Labute approximate surface area is 102 Å². The third-order valence-electron chi connectivity index (χ3n) is 3.54. The summed E-state index contributed by atoms with van der Waals surface area (Å²) in [6.07, 6.45) is 4.16. The van der Waals surface area contributed by atoms with Crippen LogP contribution in [0.1, 0.15) is 30.6 Å². The van der Waals surface area contributed by atoms with Crippen LogP contribution in [0.25, 0.3) is 0 Å². The Morgan fingerprint density at radius 3 is 2.60 bits per heavy atom. The molecule has 1 aromatic heterocycles. The minimum atomic E-state index is -0.593. The Bertz CT molecular complexity index is 366. The first-order valence-corrected chi connectivity index (χ1v) is 7.06. The topological polar surface area (TPSA) is 32.3 Å². The van der Waals surface area contributed by atoms with E-state index in [1.54, 1.807) is 11.3 Å². The first-order chi connectivity index (χ1) is 7.17. The molecule has 82 valence electrons. The van der Waals surface area contributed by atoms with Crippen LogP contribution in [0, 0.1) is 0 Å². The normalized spacial score (nSPS) is 39.6. The van der Waals surface area contributed by atoms with Gasteiger partial charge in [-0.15, -0.1) is 11.3 Å². The number of hydrogen-bond acceptors (Lipinski definition) is 3. The van der Waals surface area contributed by atoms with E-state index in [0.717, 1.165) is 22.2 Å². The molecular weight excluding hydrogens is 274 g/mol. The van der Waals surface area contributed by atoms with Crippen molar-refractivity contribution in [3.63, 3.8) is 0 Å². The Morgan fingerprint density at radius 2 is 2.07 bits per heavy atom. The Balaban J connectivity index is 1.94. The zero-order valence-electron chi connectivity index (χ0n) is 8.37. The van der Waals surface area contributed by atoms with Crippen LogP contribution in [0.15, 0.2) is 15.9 Å². The van der Waals surface area contributed by atoms with E-state index in [9.17, 15) is 5.11 Å². The van der Waals surface area contributed by atoms with E-state index < -0.39 is 5.60 Å². The van der Waals surface area contributed by atoms with Crippen molar-refractivity contribution < 1.29 is 5.11 Å². The molecule has 0 amide bonds. The molecule has 1 aromatic rings. The monoisotopic (exact) mass is 287 g/mol. The molecule has 0 spiro atoms. The van der Waals surface area contributed by atoms with Gasteiger partial charge in [-0.25, -0.2) is 0 Å². The fourth-order valence-electron chi connectivity index (χ4n) is 2.93. The van der Waals surface area contributed by atoms with Crippen LogP contribution in [-0.2, 0) is 5.60 Å². The van der Waals surface area contributed by atoms with Crippen molar-refractivity contribution in [1.82, 2.24) is 5.32 Å². The van der Waals surface area contributed by atoms with Gasteiger partial charge in [-0.1, -0.05) is 0 Å². The van der Waals surface area contributed by atoms with Crippen LogP contribution in [0.3, 0.4) is 0 Å².